The van der Waals surface area contributed by atoms with E-state index in [0.717, 1.165) is 29.5 Å². The number of para-hydroxylation sites is 1. The van der Waals surface area contributed by atoms with Crippen molar-refractivity contribution in [2.24, 2.45) is 5.92 Å². The van der Waals surface area contributed by atoms with E-state index in [1.807, 2.05) is 13.8 Å². The van der Waals surface area contributed by atoms with Crippen LogP contribution in [0.2, 0.25) is 0 Å². The number of ether oxygens (including phenoxy) is 1. The summed E-state index contributed by atoms with van der Waals surface area (Å²) in [6.07, 6.45) is 9.41. The molecule has 0 fully saturated rings. The van der Waals surface area contributed by atoms with Crippen LogP contribution in [0.5, 0.6) is 5.75 Å². The zero-order chi connectivity index (χ0) is 23.2. The number of benzene rings is 3. The van der Waals surface area contributed by atoms with Gasteiger partial charge in [0.15, 0.2) is 0 Å². The van der Waals surface area contributed by atoms with Crippen molar-refractivity contribution >= 4 is 23.5 Å². The molecule has 2 aliphatic rings. The molecule has 5 rings (SSSR count). The molecule has 0 radical (unpaired) electrons. The van der Waals surface area contributed by atoms with E-state index >= 15 is 0 Å². The molecule has 0 amide bonds. The minimum absolute atomic E-state index is 0.576. The molecule has 1 aliphatic heterocycles. The highest BCUT2D eigenvalue weighted by molar-refractivity contribution is 5.91. The summed E-state index contributed by atoms with van der Waals surface area (Å²) >= 11 is 0. The lowest BCUT2D eigenvalue weighted by molar-refractivity contribution is 0.304. The number of hydrogen-bond acceptors (Lipinski definition) is 2. The predicted molar refractivity (Wildman–Crippen MR) is 142 cm³/mol. The third kappa shape index (κ3) is 4.71. The van der Waals surface area contributed by atoms with Crippen molar-refractivity contribution in [3.63, 3.8) is 0 Å². The molecule has 3 aromatic rings. The van der Waals surface area contributed by atoms with Crippen molar-refractivity contribution < 1.29 is 4.74 Å². The van der Waals surface area contributed by atoms with Crippen LogP contribution < -0.4 is 10.1 Å². The maximum absolute atomic E-state index is 6.49. The van der Waals surface area contributed by atoms with E-state index in [1.165, 1.54) is 47.1 Å². The molecule has 2 unspecified atom stereocenters. The summed E-state index contributed by atoms with van der Waals surface area (Å²) < 4.78 is 6.49. The molecule has 1 heterocycles. The van der Waals surface area contributed by atoms with Gasteiger partial charge in [-0.25, -0.2) is 0 Å². The highest BCUT2D eigenvalue weighted by Gasteiger charge is 2.31. The van der Waals surface area contributed by atoms with Crippen LogP contribution >= 0.6 is 0 Å². The zero-order valence-corrected chi connectivity index (χ0v) is 20.5. The van der Waals surface area contributed by atoms with E-state index in [1.54, 1.807) is 0 Å². The summed E-state index contributed by atoms with van der Waals surface area (Å²) in [7, 11) is 0. The molecule has 0 saturated carbocycles. The van der Waals surface area contributed by atoms with Gasteiger partial charge in [-0.3, -0.25) is 0 Å². The highest BCUT2D eigenvalue weighted by atomic mass is 16.5. The van der Waals surface area contributed by atoms with Crippen LogP contribution in [0.3, 0.4) is 0 Å². The summed E-state index contributed by atoms with van der Waals surface area (Å²) in [5.41, 5.74) is 8.98. The molecule has 0 bridgehead atoms. The van der Waals surface area contributed by atoms with E-state index in [0.29, 0.717) is 12.5 Å². The van der Waals surface area contributed by atoms with Gasteiger partial charge in [-0.15, -0.1) is 0 Å². The van der Waals surface area contributed by atoms with Gasteiger partial charge in [0.1, 0.15) is 12.4 Å². The summed E-state index contributed by atoms with van der Waals surface area (Å²) in [5.74, 6) is 2.34. The van der Waals surface area contributed by atoms with Crippen molar-refractivity contribution in [3.05, 3.63) is 88.5 Å². The van der Waals surface area contributed by atoms with Gasteiger partial charge in [0.2, 0.25) is 0 Å². The summed E-state index contributed by atoms with van der Waals surface area (Å²) in [5, 5.41) is 3.73. The molecular formula is C31H37NO. The topological polar surface area (TPSA) is 21.3 Å². The van der Waals surface area contributed by atoms with Crippen molar-refractivity contribution in [3.8, 4) is 5.75 Å². The molecule has 0 spiro atoms. The van der Waals surface area contributed by atoms with Gasteiger partial charge in [-0.2, -0.15) is 0 Å². The maximum Gasteiger partial charge on any atom is 0.144 e. The lowest BCUT2D eigenvalue weighted by Gasteiger charge is -2.35. The third-order valence-electron chi connectivity index (χ3n) is 7.06. The van der Waals surface area contributed by atoms with Gasteiger partial charge in [0.05, 0.1) is 5.69 Å². The number of hydrogen-bond donors (Lipinski definition) is 1. The third-order valence-corrected chi connectivity index (χ3v) is 7.06. The number of fused-ring (bicyclic) bond motifs is 4. The van der Waals surface area contributed by atoms with Crippen LogP contribution in [0.1, 0.15) is 80.7 Å². The van der Waals surface area contributed by atoms with E-state index in [9.17, 15) is 0 Å². The molecule has 0 saturated heterocycles. The first kappa shape index (κ1) is 23.2. The largest absolute Gasteiger partial charge is 0.487 e. The van der Waals surface area contributed by atoms with Gasteiger partial charge in [0.25, 0.3) is 0 Å². The van der Waals surface area contributed by atoms with Crippen LogP contribution in [-0.4, -0.2) is 0 Å². The van der Waals surface area contributed by atoms with Crippen LogP contribution in [0, 0.1) is 5.92 Å². The first-order valence-electron chi connectivity index (χ1n) is 12.7. The summed E-state index contributed by atoms with van der Waals surface area (Å²) in [6.45, 7) is 9.25. The first-order valence-corrected chi connectivity index (χ1v) is 12.7. The maximum atomic E-state index is 6.49. The fourth-order valence-corrected chi connectivity index (χ4v) is 5.40. The average molecular weight is 440 g/mol. The Labute approximate surface area is 199 Å². The molecule has 33 heavy (non-hydrogen) atoms. The normalized spacial score (nSPS) is 17.9. The summed E-state index contributed by atoms with van der Waals surface area (Å²) in [6, 6.07) is 21.3. The zero-order valence-electron chi connectivity index (χ0n) is 20.5. The Bertz CT molecular complexity index is 1100. The molecule has 0 aromatic heterocycles. The van der Waals surface area contributed by atoms with Gasteiger partial charge < -0.3 is 10.1 Å². The number of rotatable bonds is 5. The lowest BCUT2D eigenvalue weighted by Crippen LogP contribution is -2.21. The van der Waals surface area contributed by atoms with Gasteiger partial charge in [-0.05, 0) is 65.5 Å². The Morgan fingerprint density at radius 1 is 0.909 bits per heavy atom. The van der Waals surface area contributed by atoms with Crippen molar-refractivity contribution in [2.75, 3.05) is 5.32 Å². The molecule has 2 nitrogen and oxygen atoms in total. The Morgan fingerprint density at radius 3 is 2.42 bits per heavy atom. The van der Waals surface area contributed by atoms with Crippen LogP contribution in [0.4, 0.5) is 11.4 Å². The Morgan fingerprint density at radius 2 is 1.67 bits per heavy atom. The van der Waals surface area contributed by atoms with E-state index in [2.05, 4.69) is 92.0 Å². The average Bonchev–Trinajstić information content (AvgIpc) is 3.08. The van der Waals surface area contributed by atoms with Crippen molar-refractivity contribution in [2.45, 2.75) is 65.9 Å². The molecule has 3 aromatic carbocycles. The molecule has 1 N–H and O–H groups in total. The van der Waals surface area contributed by atoms with E-state index in [-0.39, 0.29) is 0 Å². The highest BCUT2D eigenvalue weighted by Crippen LogP contribution is 2.48. The fourth-order valence-electron chi connectivity index (χ4n) is 5.40. The standard InChI is InChI=1S/C29H31NO.C2H6/c1-3-21-14-16-24-25-17-15-22-12-8-9-13-27(22)30-29(25)28(18-26(24)23(21)4-2)31-19-20-10-6-5-7-11-20;1-2/h5-13,15,17-18,21,23,30H,3-4,14,16,19H2,1-2H3;1-2H3. The van der Waals surface area contributed by atoms with Crippen molar-refractivity contribution in [1.82, 2.24) is 0 Å². The van der Waals surface area contributed by atoms with Crippen LogP contribution in [0.25, 0.3) is 12.2 Å². The van der Waals surface area contributed by atoms with Gasteiger partial charge in [0, 0.05) is 11.3 Å². The molecule has 2 heteroatoms. The second-order valence-corrected chi connectivity index (χ2v) is 8.77. The fraction of sp³-hybridized carbons (Fsp3) is 0.355. The number of anilines is 2. The Balaban J connectivity index is 0.00000126. The van der Waals surface area contributed by atoms with E-state index in [4.69, 9.17) is 4.74 Å². The minimum atomic E-state index is 0.576. The Hall–Kier alpha value is -3.00. The van der Waals surface area contributed by atoms with Crippen LogP contribution in [-0.2, 0) is 13.0 Å². The minimum Gasteiger partial charge on any atom is -0.487 e. The quantitative estimate of drug-likeness (QED) is 0.335. The molecular weight excluding hydrogens is 402 g/mol. The smallest absolute Gasteiger partial charge is 0.144 e. The lowest BCUT2D eigenvalue weighted by atomic mass is 9.71. The second kappa shape index (κ2) is 10.7. The van der Waals surface area contributed by atoms with Crippen molar-refractivity contribution in [1.29, 1.82) is 0 Å². The number of nitrogens with one attached hydrogen (secondary N) is 1. The monoisotopic (exact) mass is 439 g/mol. The Kier molecular flexibility index (Phi) is 7.54. The summed E-state index contributed by atoms with van der Waals surface area (Å²) in [4.78, 5) is 0. The second-order valence-electron chi connectivity index (χ2n) is 8.77. The molecule has 2 atom stereocenters. The van der Waals surface area contributed by atoms with Gasteiger partial charge >= 0.3 is 0 Å². The van der Waals surface area contributed by atoms with Gasteiger partial charge in [-0.1, -0.05) is 94.8 Å². The molecule has 1 aliphatic carbocycles. The van der Waals surface area contributed by atoms with E-state index < -0.39 is 0 Å². The molecule has 172 valence electrons. The first-order chi connectivity index (χ1) is 16.3. The van der Waals surface area contributed by atoms with Crippen LogP contribution in [0.15, 0.2) is 60.7 Å². The predicted octanol–water partition coefficient (Wildman–Crippen LogP) is 8.99. The SMILES string of the molecule is CC.CCC1CCc2c(cc(OCc3ccccc3)c3c2C=Cc2ccccc2N3)C1CC.